The lowest BCUT2D eigenvalue weighted by molar-refractivity contribution is -0.384. The SMILES string of the molecule is Cc1ccc(S(=O)(=O)N[C@@H](C)C(=O)Oc2ccc3c(=O)c(-c4ccc([N+](=O)[O-])cc4)c(C)oc3c2)cc1. The van der Waals surface area contributed by atoms with E-state index >= 15 is 0 Å². The Hall–Kier alpha value is -4.35. The van der Waals surface area contributed by atoms with E-state index in [0.29, 0.717) is 5.56 Å². The van der Waals surface area contributed by atoms with Gasteiger partial charge in [0, 0.05) is 18.2 Å². The van der Waals surface area contributed by atoms with Gasteiger partial charge in [0.25, 0.3) is 5.69 Å². The van der Waals surface area contributed by atoms with Gasteiger partial charge in [-0.3, -0.25) is 14.9 Å². The van der Waals surface area contributed by atoms with Gasteiger partial charge in [-0.15, -0.1) is 0 Å². The molecule has 190 valence electrons. The first-order chi connectivity index (χ1) is 17.5. The van der Waals surface area contributed by atoms with Crippen molar-refractivity contribution >= 4 is 32.6 Å². The van der Waals surface area contributed by atoms with Gasteiger partial charge < -0.3 is 9.15 Å². The number of carbonyl (C=O) groups is 1. The smallest absolute Gasteiger partial charge is 0.329 e. The highest BCUT2D eigenvalue weighted by atomic mass is 32.2. The number of benzene rings is 3. The molecule has 0 fully saturated rings. The number of carbonyl (C=O) groups excluding carboxylic acids is 1. The number of esters is 1. The summed E-state index contributed by atoms with van der Waals surface area (Å²) in [6, 6.07) is 14.7. The summed E-state index contributed by atoms with van der Waals surface area (Å²) in [4.78, 5) is 36.1. The maximum atomic E-state index is 13.1. The number of sulfonamides is 1. The van der Waals surface area contributed by atoms with Crippen LogP contribution in [-0.2, 0) is 14.8 Å². The first-order valence-electron chi connectivity index (χ1n) is 11.1. The maximum Gasteiger partial charge on any atom is 0.329 e. The molecule has 1 atom stereocenters. The molecule has 0 bridgehead atoms. The van der Waals surface area contributed by atoms with Crippen molar-refractivity contribution in [2.24, 2.45) is 0 Å². The quantitative estimate of drug-likeness (QED) is 0.164. The Morgan fingerprint density at radius 3 is 2.30 bits per heavy atom. The molecule has 0 saturated heterocycles. The van der Waals surface area contributed by atoms with Gasteiger partial charge in [0.2, 0.25) is 15.5 Å². The number of ether oxygens (including phenoxy) is 1. The molecule has 0 aliphatic heterocycles. The fourth-order valence-electron chi connectivity index (χ4n) is 3.70. The molecule has 4 rings (SSSR count). The summed E-state index contributed by atoms with van der Waals surface area (Å²) in [5.74, 6) is -0.518. The lowest BCUT2D eigenvalue weighted by Gasteiger charge is -2.14. The zero-order valence-corrected chi connectivity index (χ0v) is 20.9. The summed E-state index contributed by atoms with van der Waals surface area (Å²) in [7, 11) is -3.95. The van der Waals surface area contributed by atoms with E-state index in [0.717, 1.165) is 5.56 Å². The van der Waals surface area contributed by atoms with Crippen LogP contribution >= 0.6 is 0 Å². The van der Waals surface area contributed by atoms with E-state index in [2.05, 4.69) is 4.72 Å². The summed E-state index contributed by atoms with van der Waals surface area (Å²) in [5.41, 5.74) is 1.31. The highest BCUT2D eigenvalue weighted by Crippen LogP contribution is 2.28. The summed E-state index contributed by atoms with van der Waals surface area (Å²) >= 11 is 0. The summed E-state index contributed by atoms with van der Waals surface area (Å²) < 4.78 is 38.5. The molecule has 10 nitrogen and oxygen atoms in total. The summed E-state index contributed by atoms with van der Waals surface area (Å²) in [6.45, 7) is 4.77. The molecule has 0 unspecified atom stereocenters. The first kappa shape index (κ1) is 25.7. The van der Waals surface area contributed by atoms with E-state index in [1.54, 1.807) is 19.1 Å². The Morgan fingerprint density at radius 2 is 1.68 bits per heavy atom. The van der Waals surface area contributed by atoms with Crippen molar-refractivity contribution < 1.29 is 27.3 Å². The van der Waals surface area contributed by atoms with Crippen molar-refractivity contribution in [1.29, 1.82) is 0 Å². The molecule has 37 heavy (non-hydrogen) atoms. The fraction of sp³-hybridized carbons (Fsp3) is 0.154. The Bertz CT molecular complexity index is 1680. The Kier molecular flexibility index (Phi) is 6.92. The molecule has 4 aromatic rings. The molecule has 0 saturated carbocycles. The Balaban J connectivity index is 1.56. The number of nitrogens with zero attached hydrogens (tertiary/aromatic N) is 1. The van der Waals surface area contributed by atoms with Crippen LogP contribution in [0.3, 0.4) is 0 Å². The van der Waals surface area contributed by atoms with E-state index in [4.69, 9.17) is 9.15 Å². The van der Waals surface area contributed by atoms with Crippen LogP contribution in [-0.4, -0.2) is 25.4 Å². The second-order valence-electron chi connectivity index (χ2n) is 8.40. The third-order valence-electron chi connectivity index (χ3n) is 5.64. The number of non-ortho nitro benzene ring substituents is 1. The second kappa shape index (κ2) is 9.96. The van der Waals surface area contributed by atoms with Gasteiger partial charge in [-0.2, -0.15) is 4.72 Å². The van der Waals surface area contributed by atoms with Crippen molar-refractivity contribution in [2.75, 3.05) is 0 Å². The maximum absolute atomic E-state index is 13.1. The average Bonchev–Trinajstić information content (AvgIpc) is 2.84. The highest BCUT2D eigenvalue weighted by molar-refractivity contribution is 7.89. The Labute approximate surface area is 211 Å². The van der Waals surface area contributed by atoms with E-state index < -0.39 is 27.0 Å². The summed E-state index contributed by atoms with van der Waals surface area (Å²) in [5, 5.41) is 11.1. The predicted octanol–water partition coefficient (Wildman–Crippen LogP) is 4.26. The van der Waals surface area contributed by atoms with Crippen molar-refractivity contribution in [3.05, 3.63) is 98.4 Å². The molecule has 0 amide bonds. The minimum atomic E-state index is -3.95. The van der Waals surface area contributed by atoms with Crippen LogP contribution < -0.4 is 14.9 Å². The Morgan fingerprint density at radius 1 is 1.03 bits per heavy atom. The van der Waals surface area contributed by atoms with Gasteiger partial charge in [0.15, 0.2) is 0 Å². The van der Waals surface area contributed by atoms with E-state index in [1.165, 1.54) is 61.5 Å². The second-order valence-corrected chi connectivity index (χ2v) is 10.1. The van der Waals surface area contributed by atoms with Gasteiger partial charge in [-0.1, -0.05) is 17.7 Å². The van der Waals surface area contributed by atoms with Crippen molar-refractivity contribution in [3.8, 4) is 16.9 Å². The standard InChI is InChI=1S/C26H22N2O8S/c1-15-4-11-21(12-5-15)37(33,34)27-16(2)26(30)36-20-10-13-22-23(14-20)35-17(3)24(25(22)29)18-6-8-19(9-7-18)28(31)32/h4-14,16,27H,1-3H3/t16-/m0/s1. The molecule has 0 aliphatic rings. The van der Waals surface area contributed by atoms with Gasteiger partial charge >= 0.3 is 5.97 Å². The van der Waals surface area contributed by atoms with Crippen LogP contribution in [0.1, 0.15) is 18.2 Å². The largest absolute Gasteiger partial charge is 0.460 e. The molecule has 0 spiro atoms. The molecule has 3 aromatic carbocycles. The van der Waals surface area contributed by atoms with Crippen LogP contribution in [0.2, 0.25) is 0 Å². The zero-order valence-electron chi connectivity index (χ0n) is 20.0. The van der Waals surface area contributed by atoms with Crippen LogP contribution in [0.4, 0.5) is 5.69 Å². The lowest BCUT2D eigenvalue weighted by Crippen LogP contribution is -2.40. The van der Waals surface area contributed by atoms with E-state index in [-0.39, 0.29) is 44.1 Å². The fourth-order valence-corrected chi connectivity index (χ4v) is 4.90. The zero-order chi connectivity index (χ0) is 26.9. The van der Waals surface area contributed by atoms with Gasteiger partial charge in [-0.05, 0) is 62.7 Å². The number of hydrogen-bond acceptors (Lipinski definition) is 8. The third kappa shape index (κ3) is 5.42. The normalized spacial score (nSPS) is 12.3. The number of fused-ring (bicyclic) bond motifs is 1. The number of hydrogen-bond donors (Lipinski definition) is 1. The average molecular weight is 523 g/mol. The van der Waals surface area contributed by atoms with E-state index in [1.807, 2.05) is 6.92 Å². The van der Waals surface area contributed by atoms with Gasteiger partial charge in [0.05, 0.1) is 20.8 Å². The lowest BCUT2D eigenvalue weighted by atomic mass is 10.0. The number of nitrogens with one attached hydrogen (secondary N) is 1. The van der Waals surface area contributed by atoms with Crippen molar-refractivity contribution in [2.45, 2.75) is 31.7 Å². The number of rotatable bonds is 7. The van der Waals surface area contributed by atoms with Crippen LogP contribution in [0.25, 0.3) is 22.1 Å². The first-order valence-corrected chi connectivity index (χ1v) is 12.6. The predicted molar refractivity (Wildman–Crippen MR) is 136 cm³/mol. The van der Waals surface area contributed by atoms with Crippen LogP contribution in [0.5, 0.6) is 5.75 Å². The van der Waals surface area contributed by atoms with Crippen molar-refractivity contribution in [3.63, 3.8) is 0 Å². The molecule has 1 aromatic heterocycles. The molecule has 1 heterocycles. The van der Waals surface area contributed by atoms with E-state index in [9.17, 15) is 28.1 Å². The van der Waals surface area contributed by atoms with Crippen molar-refractivity contribution in [1.82, 2.24) is 4.72 Å². The molecule has 11 heteroatoms. The molecular weight excluding hydrogens is 500 g/mol. The minimum Gasteiger partial charge on any atom is -0.460 e. The third-order valence-corrected chi connectivity index (χ3v) is 7.20. The molecule has 1 N–H and O–H groups in total. The molecular formula is C26H22N2O8S. The monoisotopic (exact) mass is 522 g/mol. The van der Waals surface area contributed by atoms with Crippen LogP contribution in [0, 0.1) is 24.0 Å². The molecule has 0 radical (unpaired) electrons. The topological polar surface area (TPSA) is 146 Å². The minimum absolute atomic E-state index is 0.0181. The highest BCUT2D eigenvalue weighted by Gasteiger charge is 2.24. The summed E-state index contributed by atoms with van der Waals surface area (Å²) in [6.07, 6.45) is 0. The van der Waals surface area contributed by atoms with Gasteiger partial charge in [-0.25, -0.2) is 13.2 Å². The molecule has 0 aliphatic carbocycles. The number of nitro groups is 1. The van der Waals surface area contributed by atoms with Crippen LogP contribution in [0.15, 0.2) is 80.8 Å². The number of aryl methyl sites for hydroxylation is 2. The number of nitro benzene ring substituents is 1. The van der Waals surface area contributed by atoms with Gasteiger partial charge in [0.1, 0.15) is 23.1 Å².